The Bertz CT molecular complexity index is 445. The molecule has 0 aromatic heterocycles. The molecule has 0 saturated heterocycles. The van der Waals surface area contributed by atoms with E-state index in [1.807, 2.05) is 0 Å². The maximum Gasteiger partial charge on any atom is 0.573 e. The third-order valence-corrected chi connectivity index (χ3v) is 1.73. The number of rotatable bonds is 2. The monoisotopic (exact) mass is 253 g/mol. The van der Waals surface area contributed by atoms with Gasteiger partial charge in [0.1, 0.15) is 11.6 Å². The summed E-state index contributed by atoms with van der Waals surface area (Å²) in [5.41, 5.74) is -0.710. The number of amides is 1. The molecule has 94 valence electrons. The van der Waals surface area contributed by atoms with Crippen LogP contribution in [0.25, 0.3) is 0 Å². The van der Waals surface area contributed by atoms with E-state index < -0.39 is 29.7 Å². The molecule has 0 aliphatic carbocycles. The molecule has 0 unspecified atom stereocenters. The lowest BCUT2D eigenvalue weighted by Gasteiger charge is -2.13. The lowest BCUT2D eigenvalue weighted by Crippen LogP contribution is -2.18. The quantitative estimate of drug-likeness (QED) is 0.796. The Balaban J connectivity index is 3.10. The van der Waals surface area contributed by atoms with Gasteiger partial charge >= 0.3 is 12.5 Å². The van der Waals surface area contributed by atoms with Crippen molar-refractivity contribution in [3.63, 3.8) is 0 Å². The fourth-order valence-corrected chi connectivity index (χ4v) is 1.10. The Hall–Kier alpha value is -1.99. The number of halogens is 4. The van der Waals surface area contributed by atoms with Crippen LogP contribution in [-0.4, -0.2) is 17.6 Å². The van der Waals surface area contributed by atoms with Crippen molar-refractivity contribution in [1.29, 1.82) is 0 Å². The maximum atomic E-state index is 13.2. The third kappa shape index (κ3) is 3.82. The van der Waals surface area contributed by atoms with Crippen LogP contribution in [0, 0.1) is 12.7 Å². The normalized spacial score (nSPS) is 11.1. The topological polar surface area (TPSA) is 58.6 Å². The third-order valence-electron chi connectivity index (χ3n) is 1.73. The van der Waals surface area contributed by atoms with Crippen LogP contribution in [0.5, 0.6) is 5.75 Å². The van der Waals surface area contributed by atoms with Gasteiger partial charge in [0.05, 0.1) is 5.69 Å². The first-order chi connectivity index (χ1) is 7.69. The van der Waals surface area contributed by atoms with Crippen molar-refractivity contribution in [3.8, 4) is 5.75 Å². The summed E-state index contributed by atoms with van der Waals surface area (Å²) in [6.07, 6.45) is -6.52. The molecular formula is C9H7F4NO3. The molecule has 2 N–H and O–H groups in total. The van der Waals surface area contributed by atoms with Crippen LogP contribution in [0.2, 0.25) is 0 Å². The predicted molar refractivity (Wildman–Crippen MR) is 49.5 cm³/mol. The Morgan fingerprint density at radius 1 is 1.41 bits per heavy atom. The lowest BCUT2D eigenvalue weighted by atomic mass is 10.2. The molecule has 1 aromatic carbocycles. The van der Waals surface area contributed by atoms with Crippen LogP contribution in [0.1, 0.15) is 5.56 Å². The number of alkyl halides is 3. The molecule has 0 radical (unpaired) electrons. The summed E-state index contributed by atoms with van der Waals surface area (Å²) in [5.74, 6) is -1.65. The average molecular weight is 253 g/mol. The predicted octanol–water partition coefficient (Wildman–Crippen LogP) is 3.12. The van der Waals surface area contributed by atoms with Gasteiger partial charge in [-0.25, -0.2) is 9.18 Å². The first-order valence-corrected chi connectivity index (χ1v) is 4.25. The molecule has 0 fully saturated rings. The highest BCUT2D eigenvalue weighted by Crippen LogP contribution is 2.30. The Morgan fingerprint density at radius 2 is 2.00 bits per heavy atom. The van der Waals surface area contributed by atoms with Gasteiger partial charge in [0, 0.05) is 6.07 Å². The molecule has 8 heteroatoms. The van der Waals surface area contributed by atoms with E-state index in [4.69, 9.17) is 5.11 Å². The van der Waals surface area contributed by atoms with E-state index in [2.05, 4.69) is 4.74 Å². The Labute approximate surface area is 92.8 Å². The molecule has 0 spiro atoms. The van der Waals surface area contributed by atoms with Crippen molar-refractivity contribution in [2.45, 2.75) is 13.3 Å². The second-order valence-corrected chi connectivity index (χ2v) is 3.08. The van der Waals surface area contributed by atoms with E-state index in [0.29, 0.717) is 6.07 Å². The molecule has 1 amide bonds. The fourth-order valence-electron chi connectivity index (χ4n) is 1.10. The molecule has 1 rings (SSSR count). The highest BCUT2D eigenvalue weighted by Gasteiger charge is 2.32. The van der Waals surface area contributed by atoms with Gasteiger partial charge in [-0.15, -0.1) is 13.2 Å². The molecule has 17 heavy (non-hydrogen) atoms. The zero-order chi connectivity index (χ0) is 13.2. The second-order valence-electron chi connectivity index (χ2n) is 3.08. The van der Waals surface area contributed by atoms with E-state index in [9.17, 15) is 22.4 Å². The summed E-state index contributed by atoms with van der Waals surface area (Å²) in [5, 5.41) is 9.96. The van der Waals surface area contributed by atoms with E-state index >= 15 is 0 Å². The number of hydrogen-bond acceptors (Lipinski definition) is 2. The van der Waals surface area contributed by atoms with Crippen molar-refractivity contribution < 1.29 is 32.2 Å². The molecule has 0 bridgehead atoms. The van der Waals surface area contributed by atoms with Gasteiger partial charge in [-0.1, -0.05) is 0 Å². The smallest absolute Gasteiger partial charge is 0.465 e. The molecule has 0 saturated carbocycles. The highest BCUT2D eigenvalue weighted by atomic mass is 19.4. The molecule has 0 aliphatic rings. The summed E-state index contributed by atoms with van der Waals surface area (Å²) in [6, 6.07) is 1.37. The fraction of sp³-hybridized carbons (Fsp3) is 0.222. The summed E-state index contributed by atoms with van der Waals surface area (Å²) in [6.45, 7) is 1.20. The first-order valence-electron chi connectivity index (χ1n) is 4.25. The summed E-state index contributed by atoms with van der Waals surface area (Å²) in [4.78, 5) is 10.3. The number of carboxylic acid groups (broad SMARTS) is 1. The van der Waals surface area contributed by atoms with Crippen LogP contribution in [0.15, 0.2) is 12.1 Å². The van der Waals surface area contributed by atoms with E-state index in [-0.39, 0.29) is 5.56 Å². The standard InChI is InChI=1S/C9H7F4NO3/c1-4-2-5(10)6(14-8(15)16)3-7(4)17-9(11,12)13/h2-3,14H,1H3,(H,15,16). The van der Waals surface area contributed by atoms with Gasteiger partial charge in [-0.2, -0.15) is 0 Å². The number of benzene rings is 1. The van der Waals surface area contributed by atoms with Crippen LogP contribution < -0.4 is 10.1 Å². The van der Waals surface area contributed by atoms with Gasteiger partial charge in [-0.3, -0.25) is 5.32 Å². The van der Waals surface area contributed by atoms with E-state index in [1.165, 1.54) is 6.92 Å². The van der Waals surface area contributed by atoms with Crippen molar-refractivity contribution >= 4 is 11.8 Å². The summed E-state index contributed by atoms with van der Waals surface area (Å²) in [7, 11) is 0. The maximum absolute atomic E-state index is 13.2. The van der Waals surface area contributed by atoms with Crippen molar-refractivity contribution in [2.75, 3.05) is 5.32 Å². The van der Waals surface area contributed by atoms with Gasteiger partial charge in [0.15, 0.2) is 0 Å². The SMILES string of the molecule is Cc1cc(F)c(NC(=O)O)cc1OC(F)(F)F. The zero-order valence-corrected chi connectivity index (χ0v) is 8.43. The minimum Gasteiger partial charge on any atom is -0.465 e. The molecule has 0 heterocycles. The Kier molecular flexibility index (Phi) is 3.45. The molecule has 4 nitrogen and oxygen atoms in total. The van der Waals surface area contributed by atoms with Crippen molar-refractivity contribution in [3.05, 3.63) is 23.5 Å². The Morgan fingerprint density at radius 3 is 2.47 bits per heavy atom. The number of nitrogens with one attached hydrogen (secondary N) is 1. The summed E-state index contributed by atoms with van der Waals surface area (Å²) < 4.78 is 52.7. The minimum atomic E-state index is -4.93. The lowest BCUT2D eigenvalue weighted by molar-refractivity contribution is -0.274. The van der Waals surface area contributed by atoms with E-state index in [1.54, 1.807) is 5.32 Å². The minimum absolute atomic E-state index is 0.101. The van der Waals surface area contributed by atoms with Crippen LogP contribution in [0.3, 0.4) is 0 Å². The van der Waals surface area contributed by atoms with Crippen LogP contribution >= 0.6 is 0 Å². The largest absolute Gasteiger partial charge is 0.573 e. The zero-order valence-electron chi connectivity index (χ0n) is 8.43. The van der Waals surface area contributed by atoms with Gasteiger partial charge in [0.25, 0.3) is 0 Å². The molecule has 1 aromatic rings. The highest BCUT2D eigenvalue weighted by molar-refractivity contribution is 5.83. The molecular weight excluding hydrogens is 246 g/mol. The number of ether oxygens (including phenoxy) is 1. The molecule has 0 aliphatic heterocycles. The summed E-state index contributed by atoms with van der Waals surface area (Å²) >= 11 is 0. The van der Waals surface area contributed by atoms with E-state index in [0.717, 1.165) is 6.07 Å². The molecule has 0 atom stereocenters. The average Bonchev–Trinajstić information content (AvgIpc) is 2.10. The van der Waals surface area contributed by atoms with Crippen LogP contribution in [0.4, 0.5) is 28.0 Å². The number of aryl methyl sites for hydroxylation is 1. The van der Waals surface area contributed by atoms with Gasteiger partial charge in [0.2, 0.25) is 0 Å². The first kappa shape index (κ1) is 13.1. The number of hydrogen-bond donors (Lipinski definition) is 2. The van der Waals surface area contributed by atoms with Crippen molar-refractivity contribution in [1.82, 2.24) is 0 Å². The van der Waals surface area contributed by atoms with Crippen molar-refractivity contribution in [2.24, 2.45) is 0 Å². The number of carbonyl (C=O) groups is 1. The number of anilines is 1. The van der Waals surface area contributed by atoms with Crippen LogP contribution in [-0.2, 0) is 0 Å². The second kappa shape index (κ2) is 4.48. The van der Waals surface area contributed by atoms with Gasteiger partial charge in [-0.05, 0) is 18.6 Å². The van der Waals surface area contributed by atoms with Gasteiger partial charge < -0.3 is 9.84 Å².